The fourth-order valence-corrected chi connectivity index (χ4v) is 4.49. The predicted molar refractivity (Wildman–Crippen MR) is 95.8 cm³/mol. The Balaban J connectivity index is 1.90. The molecule has 2 aromatic rings. The van der Waals surface area contributed by atoms with Gasteiger partial charge >= 0.3 is 0 Å². The largest absolute Gasteiger partial charge is 0.493 e. The number of fused-ring (bicyclic) bond motifs is 1. The van der Waals surface area contributed by atoms with Gasteiger partial charge in [-0.3, -0.25) is 0 Å². The van der Waals surface area contributed by atoms with Gasteiger partial charge in [-0.1, -0.05) is 6.42 Å². The number of nitrogens with zero attached hydrogens (tertiary/aromatic N) is 3. The lowest BCUT2D eigenvalue weighted by Gasteiger charge is -2.17. The summed E-state index contributed by atoms with van der Waals surface area (Å²) >= 11 is 0. The smallest absolute Gasteiger partial charge is 0.244 e. The number of ether oxygens (including phenoxy) is 2. The molecular formula is C17H23FN4O4S. The molecule has 0 bridgehead atoms. The Bertz CT molecular complexity index is 929. The lowest BCUT2D eigenvalue weighted by atomic mass is 10.2. The highest BCUT2D eigenvalue weighted by Crippen LogP contribution is 2.32. The maximum absolute atomic E-state index is 14.4. The topological polar surface area (TPSA) is 95.3 Å². The summed E-state index contributed by atoms with van der Waals surface area (Å²) in [5.41, 5.74) is 0. The zero-order valence-corrected chi connectivity index (χ0v) is 16.3. The Morgan fingerprint density at radius 1 is 1.15 bits per heavy atom. The van der Waals surface area contributed by atoms with E-state index < -0.39 is 26.8 Å². The van der Waals surface area contributed by atoms with Gasteiger partial charge in [0.1, 0.15) is 16.5 Å². The van der Waals surface area contributed by atoms with Crippen molar-refractivity contribution in [3.63, 3.8) is 0 Å². The molecule has 3 rings (SSSR count). The quantitative estimate of drug-likeness (QED) is 0.802. The van der Waals surface area contributed by atoms with Gasteiger partial charge < -0.3 is 14.0 Å². The Morgan fingerprint density at radius 3 is 2.56 bits per heavy atom. The number of aryl methyl sites for hydroxylation is 1. The van der Waals surface area contributed by atoms with E-state index in [-0.39, 0.29) is 11.5 Å². The summed E-state index contributed by atoms with van der Waals surface area (Å²) in [4.78, 5) is -0.511. The molecule has 27 heavy (non-hydrogen) atoms. The van der Waals surface area contributed by atoms with E-state index >= 15 is 0 Å². The maximum Gasteiger partial charge on any atom is 0.244 e. The number of methoxy groups -OCH3 is 2. The first kappa shape index (κ1) is 19.6. The first-order valence-electron chi connectivity index (χ1n) is 8.73. The summed E-state index contributed by atoms with van der Waals surface area (Å²) in [5.74, 6) is 0.697. The van der Waals surface area contributed by atoms with Gasteiger partial charge in [0.25, 0.3) is 0 Å². The van der Waals surface area contributed by atoms with Crippen molar-refractivity contribution in [2.45, 2.75) is 50.1 Å². The molecule has 0 amide bonds. The van der Waals surface area contributed by atoms with Crippen molar-refractivity contribution in [2.75, 3.05) is 14.2 Å². The second-order valence-electron chi connectivity index (χ2n) is 6.42. The standard InChI is InChI=1S/C17H23FN4O4S/c1-11(17-20-19-16-7-5-4-6-8-22(16)17)21-27(23,24)15-10-14(26-3)13(25-2)9-12(15)18/h9-11,21H,4-8H2,1-3H3/t11-/m0/s1. The van der Waals surface area contributed by atoms with E-state index in [1.165, 1.54) is 14.2 Å². The number of halogens is 1. The minimum atomic E-state index is -4.15. The molecule has 8 nitrogen and oxygen atoms in total. The van der Waals surface area contributed by atoms with Crippen molar-refractivity contribution >= 4 is 10.0 Å². The zero-order valence-electron chi connectivity index (χ0n) is 15.5. The molecule has 0 spiro atoms. The highest BCUT2D eigenvalue weighted by Gasteiger charge is 2.27. The minimum Gasteiger partial charge on any atom is -0.493 e. The molecule has 0 aliphatic carbocycles. The summed E-state index contributed by atoms with van der Waals surface area (Å²) in [6.45, 7) is 2.41. The lowest BCUT2D eigenvalue weighted by Crippen LogP contribution is -2.29. The van der Waals surface area contributed by atoms with Crippen LogP contribution in [0.5, 0.6) is 11.5 Å². The summed E-state index contributed by atoms with van der Waals surface area (Å²) in [6, 6.07) is 1.43. The molecule has 0 radical (unpaired) electrons. The van der Waals surface area contributed by atoms with Crippen molar-refractivity contribution < 1.29 is 22.3 Å². The second-order valence-corrected chi connectivity index (χ2v) is 8.10. The number of sulfonamides is 1. The van der Waals surface area contributed by atoms with Gasteiger partial charge in [-0.15, -0.1) is 10.2 Å². The van der Waals surface area contributed by atoms with Crippen LogP contribution in [0.4, 0.5) is 4.39 Å². The van der Waals surface area contributed by atoms with Gasteiger partial charge in [0, 0.05) is 25.1 Å². The van der Waals surface area contributed by atoms with E-state index in [0.717, 1.165) is 50.2 Å². The number of hydrogen-bond acceptors (Lipinski definition) is 6. The molecule has 0 fully saturated rings. The molecule has 1 N–H and O–H groups in total. The average molecular weight is 398 g/mol. The second kappa shape index (κ2) is 7.81. The van der Waals surface area contributed by atoms with Crippen molar-refractivity contribution in [1.82, 2.24) is 19.5 Å². The van der Waals surface area contributed by atoms with E-state index in [4.69, 9.17) is 9.47 Å². The molecular weight excluding hydrogens is 375 g/mol. The Hall–Kier alpha value is -2.20. The highest BCUT2D eigenvalue weighted by molar-refractivity contribution is 7.89. The molecule has 1 aromatic carbocycles. The van der Waals surface area contributed by atoms with Crippen molar-refractivity contribution in [2.24, 2.45) is 0 Å². The number of hydrogen-bond donors (Lipinski definition) is 1. The van der Waals surface area contributed by atoms with E-state index in [0.29, 0.717) is 5.82 Å². The van der Waals surface area contributed by atoms with E-state index in [9.17, 15) is 12.8 Å². The predicted octanol–water partition coefficient (Wildman–Crippen LogP) is 2.20. The third kappa shape index (κ3) is 3.91. The van der Waals surface area contributed by atoms with Crippen molar-refractivity contribution in [3.8, 4) is 11.5 Å². The van der Waals surface area contributed by atoms with Crippen LogP contribution in [0, 0.1) is 5.82 Å². The molecule has 0 saturated carbocycles. The summed E-state index contributed by atoms with van der Waals surface area (Å²) < 4.78 is 54.4. The van der Waals surface area contributed by atoms with Crippen LogP contribution < -0.4 is 14.2 Å². The summed E-state index contributed by atoms with van der Waals surface area (Å²) in [7, 11) is -1.45. The van der Waals surface area contributed by atoms with Crippen molar-refractivity contribution in [1.29, 1.82) is 0 Å². The molecule has 0 unspecified atom stereocenters. The summed E-state index contributed by atoms with van der Waals surface area (Å²) in [6.07, 6.45) is 3.94. The molecule has 2 heterocycles. The van der Waals surface area contributed by atoms with E-state index in [1.54, 1.807) is 6.92 Å². The number of aromatic nitrogens is 3. The van der Waals surface area contributed by atoms with Gasteiger partial charge in [0.05, 0.1) is 20.3 Å². The fraction of sp³-hybridized carbons (Fsp3) is 0.529. The van der Waals surface area contributed by atoms with Crippen LogP contribution in [0.1, 0.15) is 43.9 Å². The molecule has 1 aliphatic heterocycles. The Morgan fingerprint density at radius 2 is 1.85 bits per heavy atom. The minimum absolute atomic E-state index is 0.116. The van der Waals surface area contributed by atoms with E-state index in [2.05, 4.69) is 14.9 Å². The third-order valence-corrected chi connectivity index (χ3v) is 6.14. The highest BCUT2D eigenvalue weighted by atomic mass is 32.2. The number of nitrogens with one attached hydrogen (secondary N) is 1. The van der Waals surface area contributed by atoms with Crippen LogP contribution in [0.25, 0.3) is 0 Å². The number of rotatable bonds is 6. The van der Waals surface area contributed by atoms with Gasteiger partial charge in [-0.25, -0.2) is 17.5 Å². The van der Waals surface area contributed by atoms with Gasteiger partial charge in [-0.05, 0) is 19.8 Å². The molecule has 148 valence electrons. The fourth-order valence-electron chi connectivity index (χ4n) is 3.22. The van der Waals surface area contributed by atoms with Crippen LogP contribution in [0.3, 0.4) is 0 Å². The van der Waals surface area contributed by atoms with Gasteiger partial charge in [0.15, 0.2) is 17.3 Å². The zero-order chi connectivity index (χ0) is 19.6. The summed E-state index contributed by atoms with van der Waals surface area (Å²) in [5, 5.41) is 8.32. The monoisotopic (exact) mass is 398 g/mol. The van der Waals surface area contributed by atoms with Crippen LogP contribution in [-0.4, -0.2) is 37.4 Å². The van der Waals surface area contributed by atoms with Crippen LogP contribution >= 0.6 is 0 Å². The lowest BCUT2D eigenvalue weighted by molar-refractivity contribution is 0.350. The van der Waals surface area contributed by atoms with Crippen LogP contribution in [-0.2, 0) is 23.0 Å². The normalized spacial score (nSPS) is 15.7. The van der Waals surface area contributed by atoms with Gasteiger partial charge in [0.2, 0.25) is 10.0 Å². The average Bonchev–Trinajstić information content (AvgIpc) is 2.89. The maximum atomic E-state index is 14.4. The molecule has 1 atom stereocenters. The van der Waals surface area contributed by atoms with Gasteiger partial charge in [-0.2, -0.15) is 0 Å². The van der Waals surface area contributed by atoms with Crippen LogP contribution in [0.2, 0.25) is 0 Å². The molecule has 0 saturated heterocycles. The Labute approximate surface area is 157 Å². The third-order valence-electron chi connectivity index (χ3n) is 4.58. The Kier molecular flexibility index (Phi) is 5.66. The number of benzene rings is 1. The molecule has 10 heteroatoms. The van der Waals surface area contributed by atoms with Crippen LogP contribution in [0.15, 0.2) is 17.0 Å². The van der Waals surface area contributed by atoms with E-state index in [1.807, 2.05) is 4.57 Å². The first-order valence-corrected chi connectivity index (χ1v) is 10.2. The molecule has 1 aliphatic rings. The SMILES string of the molecule is COc1cc(F)c(S(=O)(=O)N[C@@H](C)c2nnc3n2CCCCC3)cc1OC. The molecule has 1 aromatic heterocycles. The first-order chi connectivity index (χ1) is 12.9. The van der Waals surface area contributed by atoms with Crippen molar-refractivity contribution in [3.05, 3.63) is 29.6 Å².